The van der Waals surface area contributed by atoms with Crippen molar-refractivity contribution in [2.75, 3.05) is 18.0 Å². The number of hydrogen-bond acceptors (Lipinski definition) is 2. The van der Waals surface area contributed by atoms with Crippen LogP contribution in [0, 0.1) is 0 Å². The molecule has 0 bridgehead atoms. The Morgan fingerprint density at radius 2 is 1.92 bits per heavy atom. The quantitative estimate of drug-likeness (QED) is 0.852. The molecule has 1 unspecified atom stereocenters. The number of benzene rings is 1. The van der Waals surface area contributed by atoms with Gasteiger partial charge >= 0.3 is 0 Å². The van der Waals surface area contributed by atoms with E-state index in [-0.39, 0.29) is 11.9 Å². The lowest BCUT2D eigenvalue weighted by atomic mass is 10.1. The number of nitrogens with zero attached hydrogens (tertiary/aromatic N) is 3. The summed E-state index contributed by atoms with van der Waals surface area (Å²) in [6.45, 7) is 11.2. The van der Waals surface area contributed by atoms with Crippen LogP contribution < -0.4 is 4.90 Å². The molecule has 2 aromatic rings. The van der Waals surface area contributed by atoms with E-state index in [2.05, 4.69) is 67.6 Å². The number of carbonyl (C=O) groups excluding carboxylic acids is 1. The van der Waals surface area contributed by atoms with Gasteiger partial charge in [-0.25, -0.2) is 0 Å². The molecule has 1 aliphatic rings. The van der Waals surface area contributed by atoms with Crippen LogP contribution in [-0.2, 0) is 6.54 Å². The van der Waals surface area contributed by atoms with Crippen molar-refractivity contribution in [1.29, 1.82) is 0 Å². The average Bonchev–Trinajstić information content (AvgIpc) is 3.05. The second-order valence-corrected chi connectivity index (χ2v) is 6.73. The van der Waals surface area contributed by atoms with Gasteiger partial charge in [0, 0.05) is 48.8 Å². The van der Waals surface area contributed by atoms with Gasteiger partial charge in [-0.15, -0.1) is 0 Å². The van der Waals surface area contributed by atoms with E-state index in [4.69, 9.17) is 0 Å². The second-order valence-electron chi connectivity index (χ2n) is 6.73. The van der Waals surface area contributed by atoms with Crippen LogP contribution in [0.2, 0.25) is 0 Å². The van der Waals surface area contributed by atoms with E-state index in [1.165, 1.54) is 11.4 Å². The number of fused-ring (bicyclic) bond motifs is 1. The standard InChI is InChI=1S/C20H27N3O/c1-5-22(15(2)3)18-10-8-17(9-11-18)20(24)23-14-13-21-12-6-7-19(21)16(23)4/h6-12,15-16H,5,13-14H2,1-4H3. The third kappa shape index (κ3) is 2.93. The number of rotatable bonds is 4. The lowest BCUT2D eigenvalue weighted by Crippen LogP contribution is -2.40. The smallest absolute Gasteiger partial charge is 0.254 e. The van der Waals surface area contributed by atoms with Gasteiger partial charge in [0.1, 0.15) is 0 Å². The van der Waals surface area contributed by atoms with Crippen LogP contribution in [0.4, 0.5) is 5.69 Å². The molecule has 1 aromatic heterocycles. The first-order chi connectivity index (χ1) is 11.5. The molecule has 128 valence electrons. The minimum absolute atomic E-state index is 0.115. The summed E-state index contributed by atoms with van der Waals surface area (Å²) in [5.74, 6) is 0.120. The van der Waals surface area contributed by atoms with Crippen molar-refractivity contribution in [1.82, 2.24) is 9.47 Å². The molecule has 24 heavy (non-hydrogen) atoms. The first kappa shape index (κ1) is 16.6. The third-order valence-corrected chi connectivity index (χ3v) is 5.01. The number of anilines is 1. The van der Waals surface area contributed by atoms with E-state index in [1.54, 1.807) is 0 Å². The van der Waals surface area contributed by atoms with E-state index in [0.29, 0.717) is 6.04 Å². The van der Waals surface area contributed by atoms with Gasteiger partial charge in [0.05, 0.1) is 6.04 Å². The van der Waals surface area contributed by atoms with Gasteiger partial charge < -0.3 is 14.4 Å². The van der Waals surface area contributed by atoms with E-state index in [9.17, 15) is 4.79 Å². The van der Waals surface area contributed by atoms with Crippen LogP contribution in [0.5, 0.6) is 0 Å². The lowest BCUT2D eigenvalue weighted by Gasteiger charge is -2.35. The molecule has 0 saturated carbocycles. The molecule has 0 radical (unpaired) electrons. The molecule has 1 atom stereocenters. The number of hydrogen-bond donors (Lipinski definition) is 0. The fourth-order valence-electron chi connectivity index (χ4n) is 3.66. The Kier molecular flexibility index (Phi) is 4.65. The maximum atomic E-state index is 12.9. The zero-order valence-electron chi connectivity index (χ0n) is 15.1. The molecule has 0 aliphatic carbocycles. The Bertz CT molecular complexity index is 702. The number of aromatic nitrogens is 1. The largest absolute Gasteiger partial charge is 0.369 e. The van der Waals surface area contributed by atoms with Crippen molar-refractivity contribution in [3.05, 3.63) is 53.9 Å². The first-order valence-corrected chi connectivity index (χ1v) is 8.85. The Hall–Kier alpha value is -2.23. The summed E-state index contributed by atoms with van der Waals surface area (Å²) in [5, 5.41) is 0. The lowest BCUT2D eigenvalue weighted by molar-refractivity contribution is 0.0644. The molecule has 0 fully saturated rings. The molecule has 0 N–H and O–H groups in total. The molecule has 1 amide bonds. The van der Waals surface area contributed by atoms with Gasteiger partial charge in [-0.1, -0.05) is 0 Å². The van der Waals surface area contributed by atoms with Crippen molar-refractivity contribution in [2.45, 2.75) is 46.3 Å². The monoisotopic (exact) mass is 325 g/mol. The van der Waals surface area contributed by atoms with Crippen LogP contribution in [0.3, 0.4) is 0 Å². The Morgan fingerprint density at radius 3 is 2.54 bits per heavy atom. The van der Waals surface area contributed by atoms with Crippen molar-refractivity contribution in [3.63, 3.8) is 0 Å². The normalized spacial score (nSPS) is 17.0. The molecule has 0 saturated heterocycles. The van der Waals surface area contributed by atoms with Crippen LogP contribution in [0.1, 0.15) is 49.8 Å². The van der Waals surface area contributed by atoms with Crippen molar-refractivity contribution < 1.29 is 4.79 Å². The van der Waals surface area contributed by atoms with E-state index < -0.39 is 0 Å². The van der Waals surface area contributed by atoms with Crippen LogP contribution in [-0.4, -0.2) is 34.5 Å². The Balaban J connectivity index is 1.79. The van der Waals surface area contributed by atoms with Gasteiger partial charge in [0.15, 0.2) is 0 Å². The van der Waals surface area contributed by atoms with E-state index >= 15 is 0 Å². The molecule has 4 nitrogen and oxygen atoms in total. The molecule has 1 aliphatic heterocycles. The summed E-state index contributed by atoms with van der Waals surface area (Å²) in [7, 11) is 0. The van der Waals surface area contributed by atoms with E-state index in [1.807, 2.05) is 17.0 Å². The summed E-state index contributed by atoms with van der Waals surface area (Å²) in [6, 6.07) is 12.8. The maximum absolute atomic E-state index is 12.9. The molecular formula is C20H27N3O. The maximum Gasteiger partial charge on any atom is 0.254 e. The fourth-order valence-corrected chi connectivity index (χ4v) is 3.66. The predicted octanol–water partition coefficient (Wildman–Crippen LogP) is 3.94. The fraction of sp³-hybridized carbons (Fsp3) is 0.450. The summed E-state index contributed by atoms with van der Waals surface area (Å²) in [4.78, 5) is 17.2. The van der Waals surface area contributed by atoms with E-state index in [0.717, 1.165) is 25.2 Å². The highest BCUT2D eigenvalue weighted by Crippen LogP contribution is 2.27. The predicted molar refractivity (Wildman–Crippen MR) is 98.5 cm³/mol. The average molecular weight is 325 g/mol. The second kappa shape index (κ2) is 6.71. The molecule has 3 rings (SSSR count). The summed E-state index contributed by atoms with van der Waals surface area (Å²) < 4.78 is 2.24. The molecule has 4 heteroatoms. The van der Waals surface area contributed by atoms with Crippen molar-refractivity contribution in [3.8, 4) is 0 Å². The highest BCUT2D eigenvalue weighted by molar-refractivity contribution is 5.95. The summed E-state index contributed by atoms with van der Waals surface area (Å²) in [6.07, 6.45) is 2.09. The Morgan fingerprint density at radius 1 is 1.21 bits per heavy atom. The van der Waals surface area contributed by atoms with Gasteiger partial charge in [-0.05, 0) is 64.1 Å². The highest BCUT2D eigenvalue weighted by Gasteiger charge is 2.28. The summed E-state index contributed by atoms with van der Waals surface area (Å²) >= 11 is 0. The van der Waals surface area contributed by atoms with Gasteiger partial charge in [-0.3, -0.25) is 4.79 Å². The third-order valence-electron chi connectivity index (χ3n) is 5.01. The SMILES string of the molecule is CCN(c1ccc(C(=O)N2CCn3cccc3C2C)cc1)C(C)C. The van der Waals surface area contributed by atoms with Gasteiger partial charge in [0.25, 0.3) is 5.91 Å². The summed E-state index contributed by atoms with van der Waals surface area (Å²) in [5.41, 5.74) is 3.15. The van der Waals surface area contributed by atoms with Crippen LogP contribution in [0.15, 0.2) is 42.6 Å². The minimum atomic E-state index is 0.115. The number of amides is 1. The van der Waals surface area contributed by atoms with Crippen LogP contribution >= 0.6 is 0 Å². The first-order valence-electron chi connectivity index (χ1n) is 8.85. The highest BCUT2D eigenvalue weighted by atomic mass is 16.2. The van der Waals surface area contributed by atoms with Crippen molar-refractivity contribution >= 4 is 11.6 Å². The van der Waals surface area contributed by atoms with Gasteiger partial charge in [0.2, 0.25) is 0 Å². The van der Waals surface area contributed by atoms with Gasteiger partial charge in [-0.2, -0.15) is 0 Å². The zero-order chi connectivity index (χ0) is 17.3. The van der Waals surface area contributed by atoms with Crippen LogP contribution in [0.25, 0.3) is 0 Å². The topological polar surface area (TPSA) is 28.5 Å². The zero-order valence-corrected chi connectivity index (χ0v) is 15.1. The number of carbonyl (C=O) groups is 1. The minimum Gasteiger partial charge on any atom is -0.369 e. The van der Waals surface area contributed by atoms with Crippen molar-refractivity contribution in [2.24, 2.45) is 0 Å². The molecule has 1 aromatic carbocycles. The molecule has 2 heterocycles. The molecule has 0 spiro atoms. The Labute approximate surface area is 144 Å². The molecular weight excluding hydrogens is 298 g/mol.